The molecule has 0 aromatic heterocycles. The van der Waals surface area contributed by atoms with Gasteiger partial charge in [-0.3, -0.25) is 9.59 Å². The molecule has 3 aromatic carbocycles. The second kappa shape index (κ2) is 9.17. The number of amides is 2. The van der Waals surface area contributed by atoms with Crippen molar-refractivity contribution >= 4 is 34.8 Å². The van der Waals surface area contributed by atoms with Crippen LogP contribution in [0.4, 0.5) is 11.4 Å². The molecule has 1 heterocycles. The van der Waals surface area contributed by atoms with Gasteiger partial charge in [-0.25, -0.2) is 0 Å². The van der Waals surface area contributed by atoms with Crippen molar-refractivity contribution in [3.63, 3.8) is 0 Å². The molecular formula is C27H27ClN2O2. The minimum atomic E-state index is -1.85. The summed E-state index contributed by atoms with van der Waals surface area (Å²) < 4.78 is 17.4. The summed E-state index contributed by atoms with van der Waals surface area (Å²) in [6.45, 7) is 3.84. The number of benzene rings is 3. The Morgan fingerprint density at radius 1 is 1.03 bits per heavy atom. The molecule has 0 fully saturated rings. The van der Waals surface area contributed by atoms with E-state index in [2.05, 4.69) is 5.32 Å². The summed E-state index contributed by atoms with van der Waals surface area (Å²) in [7, 11) is 0. The van der Waals surface area contributed by atoms with Gasteiger partial charge in [0.2, 0.25) is 0 Å². The summed E-state index contributed by atoms with van der Waals surface area (Å²) in [6, 6.07) is 17.6. The second-order valence-electron chi connectivity index (χ2n) is 8.24. The molecular weight excluding hydrogens is 420 g/mol. The van der Waals surface area contributed by atoms with Gasteiger partial charge in [0.25, 0.3) is 11.8 Å². The summed E-state index contributed by atoms with van der Waals surface area (Å²) in [4.78, 5) is 27.7. The molecule has 5 heteroatoms. The van der Waals surface area contributed by atoms with Crippen molar-refractivity contribution in [2.24, 2.45) is 0 Å². The molecule has 2 amide bonds. The maximum Gasteiger partial charge on any atom is 0.258 e. The molecule has 4 nitrogen and oxygen atoms in total. The van der Waals surface area contributed by atoms with E-state index >= 15 is 0 Å². The summed E-state index contributed by atoms with van der Waals surface area (Å²) in [6.07, 6.45) is 0.822. The molecule has 0 saturated carbocycles. The van der Waals surface area contributed by atoms with Crippen molar-refractivity contribution in [2.45, 2.75) is 39.5 Å². The summed E-state index contributed by atoms with van der Waals surface area (Å²) in [5.41, 5.74) is 4.47. The van der Waals surface area contributed by atoms with Crippen LogP contribution in [0.1, 0.15) is 65.8 Å². The lowest BCUT2D eigenvalue weighted by atomic mass is 9.96. The molecule has 0 saturated heterocycles. The second-order valence-corrected chi connectivity index (χ2v) is 8.68. The average Bonchev–Trinajstić information content (AvgIpc) is 2.87. The van der Waals surface area contributed by atoms with Crippen LogP contribution in [0.3, 0.4) is 0 Å². The number of hydrogen-bond acceptors (Lipinski definition) is 2. The number of nitrogens with zero attached hydrogens (tertiary/aromatic N) is 1. The number of carbonyl (C=O) groups excluding carboxylic acids is 2. The topological polar surface area (TPSA) is 49.4 Å². The number of fused-ring (bicyclic) bond motifs is 1. The fraction of sp³-hybridized carbons (Fsp3) is 0.259. The minimum Gasteiger partial charge on any atom is -0.322 e. The Bertz CT molecular complexity index is 1280. The number of halogens is 1. The van der Waals surface area contributed by atoms with Gasteiger partial charge < -0.3 is 10.2 Å². The van der Waals surface area contributed by atoms with Crippen molar-refractivity contribution in [1.82, 2.24) is 0 Å². The number of aryl methyl sites for hydroxylation is 2. The number of hydrogen-bond donors (Lipinski definition) is 1. The quantitative estimate of drug-likeness (QED) is 0.481. The third-order valence-electron chi connectivity index (χ3n) is 5.92. The summed E-state index contributed by atoms with van der Waals surface area (Å²) in [5.74, 6) is -0.570. The van der Waals surface area contributed by atoms with E-state index in [1.807, 2.05) is 38.1 Å². The van der Waals surface area contributed by atoms with Crippen LogP contribution in [0.2, 0.25) is 5.02 Å². The molecule has 164 valence electrons. The van der Waals surface area contributed by atoms with Crippen molar-refractivity contribution in [1.29, 1.82) is 0 Å². The summed E-state index contributed by atoms with van der Waals surface area (Å²) in [5, 5.41) is 3.45. The average molecular weight is 449 g/mol. The summed E-state index contributed by atoms with van der Waals surface area (Å²) >= 11 is 6.22. The maximum atomic E-state index is 13.7. The van der Waals surface area contributed by atoms with Crippen LogP contribution in [0.15, 0.2) is 60.7 Å². The van der Waals surface area contributed by atoms with Gasteiger partial charge >= 0.3 is 0 Å². The van der Waals surface area contributed by atoms with Gasteiger partial charge in [0.05, 0.1) is 0 Å². The molecule has 1 unspecified atom stereocenters. The van der Waals surface area contributed by atoms with Gasteiger partial charge in [-0.2, -0.15) is 0 Å². The van der Waals surface area contributed by atoms with E-state index in [0.717, 1.165) is 11.1 Å². The molecule has 4 rings (SSSR count). The molecule has 32 heavy (non-hydrogen) atoms. The molecule has 0 aliphatic carbocycles. The monoisotopic (exact) mass is 448 g/mol. The minimum absolute atomic E-state index is 0.0710. The number of anilines is 2. The van der Waals surface area contributed by atoms with Crippen molar-refractivity contribution in [3.05, 3.63) is 93.5 Å². The highest BCUT2D eigenvalue weighted by Gasteiger charge is 2.26. The van der Waals surface area contributed by atoms with E-state index < -0.39 is 12.4 Å². The van der Waals surface area contributed by atoms with Crippen LogP contribution < -0.4 is 10.2 Å². The lowest BCUT2D eigenvalue weighted by molar-refractivity contribution is 0.0985. The Balaban J connectivity index is 1.67. The van der Waals surface area contributed by atoms with E-state index in [0.29, 0.717) is 39.5 Å². The normalized spacial score (nSPS) is 18.1. The lowest BCUT2D eigenvalue weighted by Gasteiger charge is -2.25. The lowest BCUT2D eigenvalue weighted by Crippen LogP contribution is -2.32. The first-order valence-electron chi connectivity index (χ1n) is 11.7. The first-order chi connectivity index (χ1) is 16.1. The van der Waals surface area contributed by atoms with Crippen LogP contribution in [0.5, 0.6) is 0 Å². The van der Waals surface area contributed by atoms with Crippen molar-refractivity contribution in [3.8, 4) is 0 Å². The predicted octanol–water partition coefficient (Wildman–Crippen LogP) is 6.75. The largest absolute Gasteiger partial charge is 0.322 e. The Hall–Kier alpha value is -3.11. The molecule has 1 atom stereocenters. The maximum absolute atomic E-state index is 13.7. The van der Waals surface area contributed by atoms with Gasteiger partial charge in [-0.1, -0.05) is 36.7 Å². The predicted molar refractivity (Wildman–Crippen MR) is 131 cm³/mol. The van der Waals surface area contributed by atoms with Gasteiger partial charge in [-0.15, -0.1) is 0 Å². The number of carbonyl (C=O) groups is 2. The van der Waals surface area contributed by atoms with Gasteiger partial charge in [0.1, 0.15) is 0 Å². The van der Waals surface area contributed by atoms with E-state index in [1.54, 1.807) is 43.3 Å². The molecule has 0 bridgehead atoms. The molecule has 3 aromatic rings. The van der Waals surface area contributed by atoms with Crippen LogP contribution in [-0.2, 0) is 0 Å². The number of rotatable bonds is 3. The van der Waals surface area contributed by atoms with E-state index in [9.17, 15) is 9.59 Å². The van der Waals surface area contributed by atoms with Crippen LogP contribution in [0, 0.1) is 13.8 Å². The highest BCUT2D eigenvalue weighted by Crippen LogP contribution is 2.37. The first-order valence-corrected chi connectivity index (χ1v) is 11.1. The third kappa shape index (κ3) is 4.42. The van der Waals surface area contributed by atoms with Gasteiger partial charge in [-0.05, 0) is 91.8 Å². The molecule has 0 spiro atoms. The van der Waals surface area contributed by atoms with Crippen LogP contribution in [0.25, 0.3) is 0 Å². The van der Waals surface area contributed by atoms with E-state index in [4.69, 9.17) is 14.3 Å². The molecule has 1 aliphatic heterocycles. The Labute approximate surface area is 197 Å². The zero-order chi connectivity index (χ0) is 24.6. The van der Waals surface area contributed by atoms with Crippen LogP contribution >= 0.6 is 11.6 Å². The third-order valence-corrected chi connectivity index (χ3v) is 6.15. The van der Waals surface area contributed by atoms with Crippen LogP contribution in [-0.4, -0.2) is 18.3 Å². The SMILES string of the molecule is [2H]C1([2H])CCC(C)c2cc(Cl)ccc2N1C(=O)c1ccc(NC(=O)c2ccccc2C)cc1C. The van der Waals surface area contributed by atoms with E-state index in [1.165, 1.54) is 4.90 Å². The van der Waals surface area contributed by atoms with E-state index in [-0.39, 0.29) is 18.2 Å². The Morgan fingerprint density at radius 3 is 2.56 bits per heavy atom. The van der Waals surface area contributed by atoms with Gasteiger partial charge in [0.15, 0.2) is 0 Å². The molecule has 1 N–H and O–H groups in total. The van der Waals surface area contributed by atoms with Gasteiger partial charge in [0, 0.05) is 36.8 Å². The Kier molecular flexibility index (Phi) is 5.61. The van der Waals surface area contributed by atoms with Crippen molar-refractivity contribution < 1.29 is 12.3 Å². The fourth-order valence-corrected chi connectivity index (χ4v) is 4.25. The molecule has 1 aliphatic rings. The number of nitrogens with one attached hydrogen (secondary N) is 1. The smallest absolute Gasteiger partial charge is 0.258 e. The highest BCUT2D eigenvalue weighted by molar-refractivity contribution is 6.30. The molecule has 0 radical (unpaired) electrons. The first kappa shape index (κ1) is 19.6. The standard InChI is InChI=1S/C27H27ClN2O2/c1-17-7-4-5-9-22(17)26(31)29-21-11-12-23(19(3)15-21)27(32)30-14-6-8-18(2)24-16-20(28)10-13-25(24)30/h4-5,7,9-13,15-16,18H,6,8,14H2,1-3H3,(H,29,31)/i14D2. The fourth-order valence-electron chi connectivity index (χ4n) is 4.07. The van der Waals surface area contributed by atoms with Crippen molar-refractivity contribution in [2.75, 3.05) is 16.7 Å². The Morgan fingerprint density at radius 2 is 1.81 bits per heavy atom. The zero-order valence-electron chi connectivity index (χ0n) is 20.4. The highest BCUT2D eigenvalue weighted by atomic mass is 35.5. The zero-order valence-corrected chi connectivity index (χ0v) is 19.2.